The SMILES string of the molecule is CCOc1cc(CNCCc2ccc(OC)cc2)cc(Cl)c1OCc1ccccc1Cl.Cl. The second-order valence-corrected chi connectivity index (χ2v) is 7.81. The molecule has 0 atom stereocenters. The van der Waals surface area contributed by atoms with Gasteiger partial charge in [-0.1, -0.05) is 53.5 Å². The molecule has 0 saturated heterocycles. The molecule has 3 rings (SSSR count). The fourth-order valence-corrected chi connectivity index (χ4v) is 3.63. The van der Waals surface area contributed by atoms with Crippen molar-refractivity contribution in [2.24, 2.45) is 0 Å². The second kappa shape index (κ2) is 13.4. The van der Waals surface area contributed by atoms with Gasteiger partial charge in [-0.2, -0.15) is 0 Å². The Labute approximate surface area is 206 Å². The van der Waals surface area contributed by atoms with Crippen molar-refractivity contribution >= 4 is 35.6 Å². The summed E-state index contributed by atoms with van der Waals surface area (Å²) in [4.78, 5) is 0. The van der Waals surface area contributed by atoms with Crippen LogP contribution in [0.25, 0.3) is 0 Å². The van der Waals surface area contributed by atoms with E-state index >= 15 is 0 Å². The Morgan fingerprint density at radius 2 is 1.62 bits per heavy atom. The highest BCUT2D eigenvalue weighted by Crippen LogP contribution is 2.37. The average molecular weight is 497 g/mol. The summed E-state index contributed by atoms with van der Waals surface area (Å²) in [7, 11) is 1.67. The highest BCUT2D eigenvalue weighted by molar-refractivity contribution is 6.32. The van der Waals surface area contributed by atoms with Gasteiger partial charge >= 0.3 is 0 Å². The van der Waals surface area contributed by atoms with Gasteiger partial charge in [-0.25, -0.2) is 0 Å². The van der Waals surface area contributed by atoms with E-state index in [2.05, 4.69) is 17.4 Å². The number of hydrogen-bond acceptors (Lipinski definition) is 4. The molecule has 0 saturated carbocycles. The quantitative estimate of drug-likeness (QED) is 0.299. The first-order valence-corrected chi connectivity index (χ1v) is 11.0. The normalized spacial score (nSPS) is 10.4. The lowest BCUT2D eigenvalue weighted by Gasteiger charge is -2.16. The van der Waals surface area contributed by atoms with E-state index < -0.39 is 0 Å². The van der Waals surface area contributed by atoms with E-state index in [0.717, 1.165) is 29.8 Å². The van der Waals surface area contributed by atoms with Crippen LogP contribution in [0.3, 0.4) is 0 Å². The van der Waals surface area contributed by atoms with E-state index in [9.17, 15) is 0 Å². The van der Waals surface area contributed by atoms with Crippen molar-refractivity contribution in [3.8, 4) is 17.2 Å². The summed E-state index contributed by atoms with van der Waals surface area (Å²) in [6.07, 6.45) is 0.926. The molecule has 0 aliphatic carbocycles. The molecule has 7 heteroatoms. The lowest BCUT2D eigenvalue weighted by atomic mass is 10.1. The molecule has 0 unspecified atom stereocenters. The lowest BCUT2D eigenvalue weighted by Crippen LogP contribution is -2.17. The monoisotopic (exact) mass is 495 g/mol. The summed E-state index contributed by atoms with van der Waals surface area (Å²) >= 11 is 12.8. The number of benzene rings is 3. The first kappa shape index (κ1) is 26.1. The fraction of sp³-hybridized carbons (Fsp3) is 0.280. The fourth-order valence-electron chi connectivity index (χ4n) is 3.15. The van der Waals surface area contributed by atoms with Crippen LogP contribution >= 0.6 is 35.6 Å². The number of hydrogen-bond donors (Lipinski definition) is 1. The van der Waals surface area contributed by atoms with Crippen molar-refractivity contribution in [2.75, 3.05) is 20.3 Å². The predicted molar refractivity (Wildman–Crippen MR) is 134 cm³/mol. The predicted octanol–water partition coefficient (Wildman–Crippen LogP) is 6.73. The molecule has 0 heterocycles. The van der Waals surface area contributed by atoms with Gasteiger partial charge in [0.05, 0.1) is 18.7 Å². The summed E-state index contributed by atoms with van der Waals surface area (Å²) < 4.78 is 17.0. The van der Waals surface area contributed by atoms with Crippen LogP contribution in [0.1, 0.15) is 23.6 Å². The Balaban J connectivity index is 0.00000363. The Morgan fingerprint density at radius 3 is 2.31 bits per heavy atom. The van der Waals surface area contributed by atoms with E-state index in [0.29, 0.717) is 41.3 Å². The van der Waals surface area contributed by atoms with Crippen LogP contribution in [0.2, 0.25) is 10.0 Å². The molecule has 0 aliphatic rings. The van der Waals surface area contributed by atoms with Gasteiger partial charge < -0.3 is 19.5 Å². The molecule has 3 aromatic carbocycles. The van der Waals surface area contributed by atoms with Crippen molar-refractivity contribution in [3.05, 3.63) is 87.4 Å². The average Bonchev–Trinajstić information content (AvgIpc) is 2.78. The van der Waals surface area contributed by atoms with Gasteiger partial charge in [0.15, 0.2) is 11.5 Å². The van der Waals surface area contributed by atoms with Gasteiger partial charge in [0, 0.05) is 17.1 Å². The molecular weight excluding hydrogens is 469 g/mol. The third-order valence-corrected chi connectivity index (χ3v) is 5.43. The van der Waals surface area contributed by atoms with Crippen LogP contribution in [0.15, 0.2) is 60.7 Å². The Morgan fingerprint density at radius 1 is 0.875 bits per heavy atom. The Kier molecular flexibility index (Phi) is 11.0. The molecule has 0 radical (unpaired) electrons. The van der Waals surface area contributed by atoms with Crippen molar-refractivity contribution in [1.82, 2.24) is 5.32 Å². The minimum absolute atomic E-state index is 0. The van der Waals surface area contributed by atoms with Crippen molar-refractivity contribution in [3.63, 3.8) is 0 Å². The Hall–Kier alpha value is -2.11. The van der Waals surface area contributed by atoms with Crippen LogP contribution in [0.4, 0.5) is 0 Å². The zero-order chi connectivity index (χ0) is 22.1. The van der Waals surface area contributed by atoms with Gasteiger partial charge in [0.1, 0.15) is 12.4 Å². The van der Waals surface area contributed by atoms with Crippen molar-refractivity contribution in [1.29, 1.82) is 0 Å². The van der Waals surface area contributed by atoms with Crippen LogP contribution in [-0.2, 0) is 19.6 Å². The number of halogens is 3. The van der Waals surface area contributed by atoms with Gasteiger partial charge in [-0.3, -0.25) is 0 Å². The van der Waals surface area contributed by atoms with E-state index in [-0.39, 0.29) is 12.4 Å². The number of methoxy groups -OCH3 is 1. The van der Waals surface area contributed by atoms with E-state index in [1.165, 1.54) is 5.56 Å². The smallest absolute Gasteiger partial charge is 0.180 e. The van der Waals surface area contributed by atoms with E-state index in [1.54, 1.807) is 7.11 Å². The molecule has 0 aromatic heterocycles. The molecular formula is C25H28Cl3NO3. The molecule has 4 nitrogen and oxygen atoms in total. The van der Waals surface area contributed by atoms with Crippen LogP contribution in [0.5, 0.6) is 17.2 Å². The van der Waals surface area contributed by atoms with Crippen molar-refractivity contribution in [2.45, 2.75) is 26.5 Å². The topological polar surface area (TPSA) is 39.7 Å². The van der Waals surface area contributed by atoms with E-state index in [4.69, 9.17) is 37.4 Å². The first-order chi connectivity index (χ1) is 15.1. The minimum Gasteiger partial charge on any atom is -0.497 e. The lowest BCUT2D eigenvalue weighted by molar-refractivity contribution is 0.269. The van der Waals surface area contributed by atoms with Gasteiger partial charge in [-0.15, -0.1) is 12.4 Å². The zero-order valence-corrected chi connectivity index (χ0v) is 20.5. The largest absolute Gasteiger partial charge is 0.497 e. The molecule has 32 heavy (non-hydrogen) atoms. The third kappa shape index (κ3) is 7.49. The molecule has 0 bridgehead atoms. The van der Waals surface area contributed by atoms with Gasteiger partial charge in [0.2, 0.25) is 0 Å². The summed E-state index contributed by atoms with van der Waals surface area (Å²) in [6.45, 7) is 4.30. The van der Waals surface area contributed by atoms with Crippen molar-refractivity contribution < 1.29 is 14.2 Å². The van der Waals surface area contributed by atoms with Crippen LogP contribution < -0.4 is 19.5 Å². The summed E-state index contributed by atoms with van der Waals surface area (Å²) in [5.41, 5.74) is 3.19. The molecule has 3 aromatic rings. The molecule has 0 fully saturated rings. The van der Waals surface area contributed by atoms with Gasteiger partial charge in [0.25, 0.3) is 0 Å². The zero-order valence-electron chi connectivity index (χ0n) is 18.2. The molecule has 0 amide bonds. The molecule has 0 spiro atoms. The summed E-state index contributed by atoms with van der Waals surface area (Å²) in [5, 5.41) is 4.64. The third-order valence-electron chi connectivity index (χ3n) is 4.78. The maximum absolute atomic E-state index is 6.54. The maximum Gasteiger partial charge on any atom is 0.180 e. The summed E-state index contributed by atoms with van der Waals surface area (Å²) in [6, 6.07) is 19.6. The first-order valence-electron chi connectivity index (χ1n) is 10.3. The summed E-state index contributed by atoms with van der Waals surface area (Å²) in [5.74, 6) is 2.03. The van der Waals surface area contributed by atoms with Crippen LogP contribution in [-0.4, -0.2) is 20.3 Å². The van der Waals surface area contributed by atoms with E-state index in [1.807, 2.05) is 55.5 Å². The molecule has 1 N–H and O–H groups in total. The number of nitrogens with one attached hydrogen (secondary N) is 1. The minimum atomic E-state index is 0. The Bertz CT molecular complexity index is 981. The van der Waals surface area contributed by atoms with Gasteiger partial charge in [-0.05, 0) is 61.3 Å². The number of rotatable bonds is 11. The highest BCUT2D eigenvalue weighted by atomic mass is 35.5. The number of ether oxygens (including phenoxy) is 3. The second-order valence-electron chi connectivity index (χ2n) is 6.99. The highest BCUT2D eigenvalue weighted by Gasteiger charge is 2.13. The standard InChI is InChI=1S/C25H27Cl2NO3.ClH/c1-3-30-24-15-19(16-28-13-12-18-8-10-21(29-2)11-9-18)14-23(27)25(24)31-17-20-6-4-5-7-22(20)26;/h4-11,14-15,28H,3,12-13,16-17H2,1-2H3;1H. The molecule has 172 valence electrons. The maximum atomic E-state index is 6.54. The van der Waals surface area contributed by atoms with Crippen LogP contribution in [0, 0.1) is 0 Å². The molecule has 0 aliphatic heterocycles.